The first-order chi connectivity index (χ1) is 10.7. The molecule has 0 saturated heterocycles. The third kappa shape index (κ3) is 26.4. The van der Waals surface area contributed by atoms with Crippen molar-refractivity contribution in [2.75, 3.05) is 26.2 Å². The minimum absolute atomic E-state index is 1.35. The average molecular weight is 486 g/mol. The molecular weight excluding hydrogens is 450 g/mol. The Kier molecular flexibility index (Phi) is 14.0. The number of unbranched alkanes of at least 4 members (excludes halogenated alkanes) is 4. The molecule has 0 fully saturated rings. The van der Waals surface area contributed by atoms with E-state index in [0.717, 1.165) is 0 Å². The Bertz CT molecular complexity index is 265. The number of hydrogen-bond acceptors (Lipinski definition) is 0. The Morgan fingerprint density at radius 2 is 0.667 bits per heavy atom. The zero-order chi connectivity index (χ0) is 19.4. The fourth-order valence-corrected chi connectivity index (χ4v) is 2.64. The van der Waals surface area contributed by atoms with E-state index in [9.17, 15) is 0 Å². The molecule has 0 aliphatic rings. The molecule has 0 rings (SSSR count). The zero-order valence-corrected chi connectivity index (χ0v) is 21.1. The van der Waals surface area contributed by atoms with Gasteiger partial charge in [-0.3, -0.25) is 0 Å². The molecule has 0 radical (unpaired) electrons. The predicted molar refractivity (Wildman–Crippen MR) is 121 cm³/mol. The second-order valence-electron chi connectivity index (χ2n) is 6.61. The van der Waals surface area contributed by atoms with Gasteiger partial charge in [-0.15, -0.1) is 0 Å². The van der Waals surface area contributed by atoms with Crippen molar-refractivity contribution in [3.05, 3.63) is 0 Å². The maximum absolute atomic E-state index is 5.00. The molecule has 0 N–H and O–H groups in total. The third-order valence-corrected chi connectivity index (χ3v) is 3.94. The third-order valence-electron chi connectivity index (χ3n) is 3.94. The molecule has 0 aromatic heterocycles. The van der Waals surface area contributed by atoms with E-state index in [0.29, 0.717) is 0 Å². The molecule has 152 valence electrons. The van der Waals surface area contributed by atoms with Crippen LogP contribution in [0, 0.1) is 0 Å². The number of hydrogen-bond donors (Lipinski definition) is 0. The Balaban J connectivity index is 0. The van der Waals surface area contributed by atoms with Crippen LogP contribution in [0.3, 0.4) is 0 Å². The Morgan fingerprint density at radius 1 is 0.500 bits per heavy atom. The zero-order valence-electron chi connectivity index (χ0n) is 15.6. The van der Waals surface area contributed by atoms with Gasteiger partial charge in [0.15, 0.2) is 0 Å². The summed E-state index contributed by atoms with van der Waals surface area (Å²) in [6.45, 7) is 15.0. The Labute approximate surface area is 178 Å². The van der Waals surface area contributed by atoms with Gasteiger partial charge in [-0.25, -0.2) is 0 Å². The van der Waals surface area contributed by atoms with Crippen LogP contribution in [0.15, 0.2) is 0 Å². The summed E-state index contributed by atoms with van der Waals surface area (Å²) in [6.07, 6.45) is 11.1. The fraction of sp³-hybridized carbons (Fsp3) is 1.00. The molecule has 8 heteroatoms. The van der Waals surface area contributed by atoms with Gasteiger partial charge in [0.1, 0.15) is 0 Å². The molecule has 0 atom stereocenters. The first kappa shape index (κ1) is 28.3. The van der Waals surface area contributed by atoms with Crippen LogP contribution < -0.4 is 0 Å². The van der Waals surface area contributed by atoms with Gasteiger partial charge in [0.05, 0.1) is 26.2 Å². The van der Waals surface area contributed by atoms with Crippen LogP contribution in [-0.4, -0.2) is 30.7 Å². The summed E-state index contributed by atoms with van der Waals surface area (Å²) in [4.78, 5) is 0. The van der Waals surface area contributed by atoms with Crippen LogP contribution in [-0.2, 0) is 0 Å². The van der Waals surface area contributed by atoms with Gasteiger partial charge in [0, 0.05) is 0 Å². The van der Waals surface area contributed by atoms with Gasteiger partial charge >= 0.3 is 69.5 Å². The second-order valence-corrected chi connectivity index (χ2v) is 31.5. The molecule has 1 nitrogen and oxygen atoms in total. The number of rotatable bonds is 12. The monoisotopic (exact) mass is 483 g/mol. The van der Waals surface area contributed by atoms with Crippen LogP contribution in [0.25, 0.3) is 0 Å². The maximum atomic E-state index is 5.00. The summed E-state index contributed by atoms with van der Waals surface area (Å²) in [5.41, 5.74) is 0. The van der Waals surface area contributed by atoms with Crippen LogP contribution in [0.1, 0.15) is 79.1 Å². The molecule has 0 aliphatic carbocycles. The summed E-state index contributed by atoms with van der Waals surface area (Å²) in [5.74, 6) is 0. The summed E-state index contributed by atoms with van der Waals surface area (Å²) >= 11 is 30.0. The SMILES string of the molecule is CCCC[N+](CCCC)(CCCC)CCCC.Cl[P-](Cl)(Cl)(Cl)(Cl)Cl. The van der Waals surface area contributed by atoms with Gasteiger partial charge in [-0.1, -0.05) is 53.4 Å². The van der Waals surface area contributed by atoms with Crippen molar-refractivity contribution in [1.29, 1.82) is 0 Å². The standard InChI is InChI=1S/C16H36N.Cl6P/c1-5-9-13-17(14-10-6-2,15-11-7-3)16-12-8-4;1-7(2,3,4,5)6/h5-16H2,1-4H3;/q+1;-1. The van der Waals surface area contributed by atoms with Crippen LogP contribution in [0.4, 0.5) is 0 Å². The second kappa shape index (κ2) is 11.9. The molecular formula is C16H36Cl6NP. The quantitative estimate of drug-likeness (QED) is 0.190. The fourth-order valence-electron chi connectivity index (χ4n) is 2.64. The van der Waals surface area contributed by atoms with E-state index >= 15 is 0 Å². The molecule has 0 unspecified atom stereocenters. The normalized spacial score (nSPS) is 15.2. The predicted octanol–water partition coefficient (Wildman–Crippen LogP) is 10.0. The molecule has 24 heavy (non-hydrogen) atoms. The first-order valence-electron chi connectivity index (χ1n) is 9.11. The van der Waals surface area contributed by atoms with Crippen molar-refractivity contribution in [2.45, 2.75) is 79.1 Å². The van der Waals surface area contributed by atoms with E-state index in [2.05, 4.69) is 27.7 Å². The van der Waals surface area contributed by atoms with Gasteiger partial charge in [-0.05, 0) is 25.7 Å². The molecule has 0 amide bonds. The number of nitrogens with zero attached hydrogens (tertiary/aromatic N) is 1. The minimum atomic E-state index is -4.82. The van der Waals surface area contributed by atoms with E-state index < -0.39 is 2.06 Å². The van der Waals surface area contributed by atoms with E-state index in [1.807, 2.05) is 0 Å². The molecule has 0 heterocycles. The van der Waals surface area contributed by atoms with E-state index in [4.69, 9.17) is 67.4 Å². The van der Waals surface area contributed by atoms with Crippen molar-refractivity contribution in [2.24, 2.45) is 0 Å². The molecule has 0 aromatic rings. The summed E-state index contributed by atoms with van der Waals surface area (Å²) in [7, 11) is 0. The van der Waals surface area contributed by atoms with Crippen molar-refractivity contribution >= 4 is 69.5 Å². The van der Waals surface area contributed by atoms with Crippen molar-refractivity contribution in [3.63, 3.8) is 0 Å². The van der Waals surface area contributed by atoms with Gasteiger partial charge in [-0.2, -0.15) is 0 Å². The number of quaternary nitrogens is 1. The van der Waals surface area contributed by atoms with E-state index in [1.54, 1.807) is 0 Å². The van der Waals surface area contributed by atoms with Crippen molar-refractivity contribution in [3.8, 4) is 0 Å². The summed E-state index contributed by atoms with van der Waals surface area (Å²) in [5, 5.41) is 0. The van der Waals surface area contributed by atoms with Crippen LogP contribution in [0.2, 0.25) is 0 Å². The average Bonchev–Trinajstić information content (AvgIpc) is 2.42. The van der Waals surface area contributed by atoms with Gasteiger partial charge < -0.3 is 4.48 Å². The molecule has 0 aliphatic heterocycles. The number of halogens is 6. The molecule has 0 spiro atoms. The van der Waals surface area contributed by atoms with Crippen LogP contribution >= 0.6 is 69.5 Å². The Hall–Kier alpha value is 2.13. The van der Waals surface area contributed by atoms with Crippen molar-refractivity contribution in [1.82, 2.24) is 0 Å². The van der Waals surface area contributed by atoms with E-state index in [-0.39, 0.29) is 0 Å². The first-order valence-corrected chi connectivity index (χ1v) is 17.2. The summed E-state index contributed by atoms with van der Waals surface area (Å²) < 4.78 is -3.40. The molecule has 0 aromatic carbocycles. The molecule has 0 saturated carbocycles. The Morgan fingerprint density at radius 3 is 0.792 bits per heavy atom. The van der Waals surface area contributed by atoms with Crippen LogP contribution in [0.5, 0.6) is 0 Å². The van der Waals surface area contributed by atoms with Gasteiger partial charge in [0.2, 0.25) is 0 Å². The van der Waals surface area contributed by atoms with Crippen molar-refractivity contribution < 1.29 is 4.48 Å². The van der Waals surface area contributed by atoms with E-state index in [1.165, 1.54) is 82.0 Å². The topological polar surface area (TPSA) is 0 Å². The summed E-state index contributed by atoms with van der Waals surface area (Å²) in [6, 6.07) is 0. The van der Waals surface area contributed by atoms with Gasteiger partial charge in [0.25, 0.3) is 0 Å². The molecule has 0 bridgehead atoms.